The van der Waals surface area contributed by atoms with Crippen LogP contribution in [0.15, 0.2) is 24.8 Å². The molecular weight excluding hydrogens is 298 g/mol. The molecule has 8 nitrogen and oxygen atoms in total. The molecule has 8 heteroatoms. The lowest BCUT2D eigenvalue weighted by Gasteiger charge is -2.15. The van der Waals surface area contributed by atoms with Gasteiger partial charge in [0.1, 0.15) is 24.7 Å². The van der Waals surface area contributed by atoms with Gasteiger partial charge in [0.15, 0.2) is 11.5 Å². The molecule has 0 aromatic carbocycles. The fourth-order valence-electron chi connectivity index (χ4n) is 2.53. The Balaban J connectivity index is 1.62. The van der Waals surface area contributed by atoms with Gasteiger partial charge >= 0.3 is 5.97 Å². The number of nitrogens with two attached hydrogens (primary N) is 1. The van der Waals surface area contributed by atoms with Crippen molar-refractivity contribution in [3.8, 4) is 0 Å². The van der Waals surface area contributed by atoms with Crippen LogP contribution < -0.4 is 5.73 Å². The Morgan fingerprint density at radius 2 is 2.35 bits per heavy atom. The van der Waals surface area contributed by atoms with E-state index in [2.05, 4.69) is 15.0 Å². The molecule has 0 amide bonds. The number of nitrogens with zero attached hydrogens (tertiary/aromatic N) is 4. The van der Waals surface area contributed by atoms with Crippen molar-refractivity contribution in [3.63, 3.8) is 0 Å². The summed E-state index contributed by atoms with van der Waals surface area (Å²) >= 11 is 0. The van der Waals surface area contributed by atoms with E-state index in [1.54, 1.807) is 12.4 Å². The van der Waals surface area contributed by atoms with Crippen molar-refractivity contribution >= 4 is 23.0 Å². The van der Waals surface area contributed by atoms with E-state index >= 15 is 0 Å². The molecule has 2 atom stereocenters. The molecule has 2 N–H and O–H groups in total. The molecule has 122 valence electrons. The van der Waals surface area contributed by atoms with Crippen LogP contribution in [0.3, 0.4) is 0 Å². The summed E-state index contributed by atoms with van der Waals surface area (Å²) in [7, 11) is 0. The van der Waals surface area contributed by atoms with Crippen molar-refractivity contribution in [1.29, 1.82) is 0 Å². The van der Waals surface area contributed by atoms with Gasteiger partial charge in [-0.25, -0.2) is 19.7 Å². The molecule has 23 heavy (non-hydrogen) atoms. The number of allylic oxidation sites excluding steroid dienone is 1. The van der Waals surface area contributed by atoms with E-state index in [1.807, 2.05) is 11.5 Å². The predicted octanol–water partition coefficient (Wildman–Crippen LogP) is 1.60. The highest BCUT2D eigenvalue weighted by Crippen LogP contribution is 2.31. The molecule has 1 aliphatic heterocycles. The third-order valence-corrected chi connectivity index (χ3v) is 3.68. The number of ether oxygens (including phenoxy) is 2. The van der Waals surface area contributed by atoms with Crippen molar-refractivity contribution in [2.45, 2.75) is 38.5 Å². The lowest BCUT2D eigenvalue weighted by atomic mass is 10.2. The number of imidazole rings is 1. The molecule has 0 spiro atoms. The summed E-state index contributed by atoms with van der Waals surface area (Å²) in [6.45, 7) is 2.20. The van der Waals surface area contributed by atoms with E-state index in [0.717, 1.165) is 19.3 Å². The van der Waals surface area contributed by atoms with Crippen molar-refractivity contribution in [1.82, 2.24) is 19.5 Å². The molecule has 0 saturated carbocycles. The summed E-state index contributed by atoms with van der Waals surface area (Å²) in [5.74, 6) is 0.00688. The second kappa shape index (κ2) is 6.74. The first-order valence-corrected chi connectivity index (χ1v) is 7.60. The average Bonchev–Trinajstić information content (AvgIpc) is 3.18. The van der Waals surface area contributed by atoms with Gasteiger partial charge in [-0.05, 0) is 19.3 Å². The highest BCUT2D eigenvalue weighted by atomic mass is 16.6. The van der Waals surface area contributed by atoms with Gasteiger partial charge < -0.3 is 15.2 Å². The van der Waals surface area contributed by atoms with Crippen LogP contribution in [0.25, 0.3) is 11.2 Å². The number of hydrogen-bond donors (Lipinski definition) is 1. The average molecular weight is 317 g/mol. The Kier molecular flexibility index (Phi) is 4.52. The number of carbonyl (C=O) groups excluding carboxylic acids is 1. The number of hydrogen-bond acceptors (Lipinski definition) is 7. The highest BCUT2D eigenvalue weighted by Gasteiger charge is 2.29. The molecule has 0 bridgehead atoms. The van der Waals surface area contributed by atoms with Gasteiger partial charge in [0.2, 0.25) is 0 Å². The van der Waals surface area contributed by atoms with Gasteiger partial charge in [-0.2, -0.15) is 0 Å². The van der Waals surface area contributed by atoms with E-state index in [1.165, 1.54) is 12.4 Å². The van der Waals surface area contributed by atoms with E-state index in [0.29, 0.717) is 17.0 Å². The smallest absolute Gasteiger partial charge is 0.330 e. The fourth-order valence-corrected chi connectivity index (χ4v) is 2.53. The number of esters is 1. The van der Waals surface area contributed by atoms with Crippen molar-refractivity contribution in [2.75, 3.05) is 12.3 Å². The maximum absolute atomic E-state index is 11.5. The first kappa shape index (κ1) is 15.4. The van der Waals surface area contributed by atoms with Crippen LogP contribution in [0.4, 0.5) is 5.82 Å². The number of anilines is 1. The van der Waals surface area contributed by atoms with Crippen LogP contribution in [0.2, 0.25) is 0 Å². The maximum Gasteiger partial charge on any atom is 0.330 e. The summed E-state index contributed by atoms with van der Waals surface area (Å²) in [6, 6.07) is 0. The number of nitrogen functional groups attached to an aromatic ring is 1. The summed E-state index contributed by atoms with van der Waals surface area (Å²) in [5.41, 5.74) is 6.99. The Morgan fingerprint density at radius 3 is 3.17 bits per heavy atom. The van der Waals surface area contributed by atoms with Crippen molar-refractivity contribution < 1.29 is 14.3 Å². The maximum atomic E-state index is 11.5. The molecule has 1 fully saturated rings. The third kappa shape index (κ3) is 3.31. The molecule has 1 saturated heterocycles. The number of carbonyl (C=O) groups is 1. The lowest BCUT2D eigenvalue weighted by Crippen LogP contribution is -2.18. The molecule has 3 heterocycles. The number of fused-ring (bicyclic) bond motifs is 1. The summed E-state index contributed by atoms with van der Waals surface area (Å²) in [6.07, 6.45) is 8.34. The molecule has 3 rings (SSSR count). The largest absolute Gasteiger partial charge is 0.460 e. The summed E-state index contributed by atoms with van der Waals surface area (Å²) in [5, 5.41) is 0. The number of aromatic nitrogens is 4. The first-order valence-electron chi connectivity index (χ1n) is 7.60. The Morgan fingerprint density at radius 1 is 1.48 bits per heavy atom. The van der Waals surface area contributed by atoms with Crippen molar-refractivity contribution in [2.24, 2.45) is 0 Å². The second-order valence-corrected chi connectivity index (χ2v) is 5.31. The third-order valence-electron chi connectivity index (χ3n) is 3.68. The topological polar surface area (TPSA) is 105 Å². The quantitative estimate of drug-likeness (QED) is 0.659. The lowest BCUT2D eigenvalue weighted by molar-refractivity contribution is -0.142. The Bertz CT molecular complexity index is 727. The number of rotatable bonds is 5. The van der Waals surface area contributed by atoms with E-state index < -0.39 is 0 Å². The minimum Gasteiger partial charge on any atom is -0.460 e. The van der Waals surface area contributed by atoms with Gasteiger partial charge in [-0.3, -0.25) is 4.57 Å². The fraction of sp³-hybridized carbons (Fsp3) is 0.467. The van der Waals surface area contributed by atoms with Crippen LogP contribution in [0.1, 0.15) is 32.4 Å². The monoisotopic (exact) mass is 317 g/mol. The molecule has 0 aliphatic carbocycles. The molecule has 0 radical (unpaired) electrons. The summed E-state index contributed by atoms with van der Waals surface area (Å²) in [4.78, 5) is 23.8. The van der Waals surface area contributed by atoms with E-state index in [4.69, 9.17) is 15.2 Å². The van der Waals surface area contributed by atoms with Crippen LogP contribution in [-0.4, -0.2) is 38.2 Å². The molecular formula is C15H19N5O3. The Hall–Kier alpha value is -2.48. The van der Waals surface area contributed by atoms with Crippen LogP contribution in [0.5, 0.6) is 0 Å². The predicted molar refractivity (Wildman–Crippen MR) is 83.3 cm³/mol. The van der Waals surface area contributed by atoms with Gasteiger partial charge in [0.05, 0.1) is 12.4 Å². The normalized spacial score (nSPS) is 21.3. The minimum absolute atomic E-state index is 0.129. The second-order valence-electron chi connectivity index (χ2n) is 5.31. The zero-order valence-electron chi connectivity index (χ0n) is 12.9. The Labute approximate surface area is 133 Å². The van der Waals surface area contributed by atoms with Crippen LogP contribution >= 0.6 is 0 Å². The van der Waals surface area contributed by atoms with Crippen molar-refractivity contribution in [3.05, 3.63) is 24.8 Å². The molecule has 2 aromatic heterocycles. The van der Waals surface area contributed by atoms with Gasteiger partial charge in [-0.15, -0.1) is 0 Å². The van der Waals surface area contributed by atoms with E-state index in [-0.39, 0.29) is 24.9 Å². The first-order chi connectivity index (χ1) is 11.2. The van der Waals surface area contributed by atoms with Crippen LogP contribution in [0, 0.1) is 0 Å². The zero-order valence-corrected chi connectivity index (χ0v) is 12.9. The zero-order chi connectivity index (χ0) is 16.2. The van der Waals surface area contributed by atoms with E-state index in [9.17, 15) is 4.79 Å². The highest BCUT2D eigenvalue weighted by molar-refractivity contribution is 5.82. The van der Waals surface area contributed by atoms with Gasteiger partial charge in [-0.1, -0.05) is 13.0 Å². The van der Waals surface area contributed by atoms with Gasteiger partial charge in [0.25, 0.3) is 0 Å². The standard InChI is InChI=1S/C15H19N5O3/c1-2-3-4-12(21)22-7-10-5-6-11(23-10)20-9-19-13-14(16)17-8-18-15(13)20/h3-4,8-11H,2,5-7H2,1H3,(H2,16,17,18)/t10-,11+/m0/s1. The summed E-state index contributed by atoms with van der Waals surface area (Å²) < 4.78 is 12.9. The molecule has 2 aromatic rings. The minimum atomic E-state index is -0.340. The van der Waals surface area contributed by atoms with Crippen LogP contribution in [-0.2, 0) is 14.3 Å². The van der Waals surface area contributed by atoms with Gasteiger partial charge in [0, 0.05) is 6.08 Å². The SMILES string of the molecule is CCC=CC(=O)OC[C@@H]1CC[C@H](n2cnc3c(N)ncnc32)O1. The molecule has 0 unspecified atom stereocenters. The molecule has 1 aliphatic rings.